The van der Waals surface area contributed by atoms with Gasteiger partial charge >= 0.3 is 12.1 Å². The smallest absolute Gasteiger partial charge is 0.416 e. The lowest BCUT2D eigenvalue weighted by atomic mass is 9.84. The van der Waals surface area contributed by atoms with Crippen LogP contribution in [0.15, 0.2) is 52.1 Å². The number of alkyl halides is 4. The molecule has 1 atom stereocenters. The Hall–Kier alpha value is -2.16. The van der Waals surface area contributed by atoms with E-state index in [2.05, 4.69) is 4.90 Å². The fourth-order valence-electron chi connectivity index (χ4n) is 4.44. The molecule has 1 saturated heterocycles. The summed E-state index contributed by atoms with van der Waals surface area (Å²) in [6.45, 7) is 0.749. The minimum atomic E-state index is -4.52. The van der Waals surface area contributed by atoms with Crippen LogP contribution in [0.3, 0.4) is 0 Å². The Morgan fingerprint density at radius 3 is 2.64 bits per heavy atom. The number of hydrogen-bond acceptors (Lipinski definition) is 3. The van der Waals surface area contributed by atoms with Crippen LogP contribution in [0, 0.1) is 5.92 Å². The lowest BCUT2D eigenvalue weighted by Crippen LogP contribution is -2.50. The molecule has 1 aromatic carbocycles. The van der Waals surface area contributed by atoms with Gasteiger partial charge in [0.2, 0.25) is 0 Å². The number of ether oxygens (including phenoxy) is 1. The number of likely N-dealkylation sites (tertiary alicyclic amines) is 1. The monoisotopic (exact) mass is 485 g/mol. The summed E-state index contributed by atoms with van der Waals surface area (Å²) in [5.41, 5.74) is 2.63. The third-order valence-electron chi connectivity index (χ3n) is 6.38. The largest absolute Gasteiger partial charge is 0.481 e. The van der Waals surface area contributed by atoms with Crippen LogP contribution < -0.4 is 0 Å². The average Bonchev–Trinajstić information content (AvgIpc) is 2.74. The summed E-state index contributed by atoms with van der Waals surface area (Å²) in [5, 5.41) is 9.72. The van der Waals surface area contributed by atoms with Crippen LogP contribution in [-0.4, -0.2) is 41.7 Å². The SMILES string of the molecule is O=C(O)C1CN(CC2=C(Cl)C3=CCC(OCc4ccc(C(F)(F)F)cc4CF)C=C3CC2)C1. The van der Waals surface area contributed by atoms with Crippen molar-refractivity contribution in [2.75, 3.05) is 19.6 Å². The van der Waals surface area contributed by atoms with Crippen LogP contribution in [0.5, 0.6) is 0 Å². The Labute approximate surface area is 194 Å². The van der Waals surface area contributed by atoms with Gasteiger partial charge in [-0.25, -0.2) is 4.39 Å². The number of benzene rings is 1. The molecule has 33 heavy (non-hydrogen) atoms. The maximum Gasteiger partial charge on any atom is 0.416 e. The third-order valence-corrected chi connectivity index (χ3v) is 6.85. The number of fused-ring (bicyclic) bond motifs is 1. The fourth-order valence-corrected chi connectivity index (χ4v) is 4.79. The van der Waals surface area contributed by atoms with E-state index >= 15 is 0 Å². The van der Waals surface area contributed by atoms with Gasteiger partial charge in [-0.05, 0) is 59.2 Å². The highest BCUT2D eigenvalue weighted by Crippen LogP contribution is 2.40. The van der Waals surface area contributed by atoms with Crippen molar-refractivity contribution in [3.05, 3.63) is 68.8 Å². The zero-order chi connectivity index (χ0) is 23.8. The third kappa shape index (κ3) is 5.34. The van der Waals surface area contributed by atoms with E-state index in [1.54, 1.807) is 0 Å². The second-order valence-electron chi connectivity index (χ2n) is 8.66. The summed E-state index contributed by atoms with van der Waals surface area (Å²) >= 11 is 6.65. The zero-order valence-corrected chi connectivity index (χ0v) is 18.6. The van der Waals surface area contributed by atoms with Gasteiger partial charge < -0.3 is 9.84 Å². The Bertz CT molecular complexity index is 1030. The van der Waals surface area contributed by atoms with Gasteiger partial charge in [0.1, 0.15) is 6.67 Å². The Morgan fingerprint density at radius 1 is 1.21 bits per heavy atom. The molecular weight excluding hydrogens is 462 g/mol. The Morgan fingerprint density at radius 2 is 1.97 bits per heavy atom. The molecule has 1 fully saturated rings. The van der Waals surface area contributed by atoms with Crippen molar-refractivity contribution in [1.82, 2.24) is 4.90 Å². The first-order valence-electron chi connectivity index (χ1n) is 10.8. The molecule has 1 aromatic rings. The first kappa shape index (κ1) is 24.0. The van der Waals surface area contributed by atoms with Gasteiger partial charge in [0.15, 0.2) is 0 Å². The molecular formula is C24H24ClF4NO3. The molecule has 2 aliphatic carbocycles. The average molecular weight is 486 g/mol. The summed E-state index contributed by atoms with van der Waals surface area (Å²) in [5.74, 6) is -1.08. The molecule has 1 heterocycles. The lowest BCUT2D eigenvalue weighted by Gasteiger charge is -2.38. The van der Waals surface area contributed by atoms with Crippen molar-refractivity contribution in [1.29, 1.82) is 0 Å². The van der Waals surface area contributed by atoms with Crippen molar-refractivity contribution >= 4 is 17.6 Å². The van der Waals surface area contributed by atoms with Crippen LogP contribution in [0.1, 0.15) is 36.0 Å². The Kier molecular flexibility index (Phi) is 6.98. The van der Waals surface area contributed by atoms with Crippen LogP contribution >= 0.6 is 11.6 Å². The minimum absolute atomic E-state index is 0.0174. The van der Waals surface area contributed by atoms with E-state index in [4.69, 9.17) is 21.4 Å². The quantitative estimate of drug-likeness (QED) is 0.509. The van der Waals surface area contributed by atoms with E-state index < -0.39 is 24.4 Å². The number of carbonyl (C=O) groups is 1. The second kappa shape index (κ2) is 9.60. The molecule has 0 radical (unpaired) electrons. The number of carboxylic acids is 1. The molecule has 4 nitrogen and oxygen atoms in total. The van der Waals surface area contributed by atoms with E-state index in [9.17, 15) is 22.4 Å². The van der Waals surface area contributed by atoms with E-state index in [-0.39, 0.29) is 24.2 Å². The van der Waals surface area contributed by atoms with Crippen LogP contribution in [0.4, 0.5) is 17.6 Å². The predicted molar refractivity (Wildman–Crippen MR) is 115 cm³/mol. The molecule has 0 saturated carbocycles. The molecule has 1 aliphatic heterocycles. The number of rotatable bonds is 7. The summed E-state index contributed by atoms with van der Waals surface area (Å²) in [4.78, 5) is 13.1. The molecule has 9 heteroatoms. The van der Waals surface area contributed by atoms with E-state index in [0.717, 1.165) is 41.7 Å². The van der Waals surface area contributed by atoms with Gasteiger partial charge in [-0.15, -0.1) is 0 Å². The number of aliphatic carboxylic acids is 1. The van der Waals surface area contributed by atoms with Crippen molar-refractivity contribution in [3.63, 3.8) is 0 Å². The highest BCUT2D eigenvalue weighted by atomic mass is 35.5. The molecule has 178 valence electrons. The van der Waals surface area contributed by atoms with Gasteiger partial charge in [-0.2, -0.15) is 13.2 Å². The van der Waals surface area contributed by atoms with Gasteiger partial charge in [0.05, 0.1) is 24.2 Å². The number of halogens is 5. The molecule has 4 rings (SSSR count). The maximum atomic E-state index is 13.3. The van der Waals surface area contributed by atoms with Crippen LogP contribution in [-0.2, 0) is 29.0 Å². The first-order valence-corrected chi connectivity index (χ1v) is 11.1. The van der Waals surface area contributed by atoms with Crippen LogP contribution in [0.2, 0.25) is 0 Å². The van der Waals surface area contributed by atoms with Crippen molar-refractivity contribution in [3.8, 4) is 0 Å². The maximum absolute atomic E-state index is 13.3. The van der Waals surface area contributed by atoms with Crippen molar-refractivity contribution < 1.29 is 32.2 Å². The fraction of sp³-hybridized carbons (Fsp3) is 0.458. The molecule has 0 amide bonds. The first-order chi connectivity index (χ1) is 15.7. The van der Waals surface area contributed by atoms with E-state index in [1.807, 2.05) is 12.2 Å². The summed E-state index contributed by atoms with van der Waals surface area (Å²) in [6, 6.07) is 3.05. The molecule has 0 aromatic heterocycles. The highest BCUT2D eigenvalue weighted by Gasteiger charge is 2.34. The van der Waals surface area contributed by atoms with Crippen molar-refractivity contribution in [2.45, 2.75) is 44.8 Å². The summed E-state index contributed by atoms with van der Waals surface area (Å²) < 4.78 is 57.8. The van der Waals surface area contributed by atoms with Crippen molar-refractivity contribution in [2.24, 2.45) is 5.92 Å². The number of hydrogen-bond donors (Lipinski definition) is 1. The summed E-state index contributed by atoms with van der Waals surface area (Å²) in [7, 11) is 0. The molecule has 3 aliphatic rings. The van der Waals surface area contributed by atoms with Gasteiger partial charge in [0, 0.05) is 24.7 Å². The lowest BCUT2D eigenvalue weighted by molar-refractivity contribution is -0.147. The molecule has 1 unspecified atom stereocenters. The second-order valence-corrected chi connectivity index (χ2v) is 9.03. The number of carboxylic acid groups (broad SMARTS) is 1. The standard InChI is InChI=1S/C24H24ClF4NO3/c25-22-15(10-30-11-18(12-30)23(31)32)2-1-14-8-20(5-6-21(14)22)33-13-16-3-4-19(24(27,28)29)7-17(16)9-26/h3-4,6-8,18,20H,1-2,5,9-13H2,(H,31,32). The molecule has 0 bridgehead atoms. The van der Waals surface area contributed by atoms with Gasteiger partial charge in [-0.3, -0.25) is 9.69 Å². The minimum Gasteiger partial charge on any atom is -0.481 e. The summed E-state index contributed by atoms with van der Waals surface area (Å²) in [6.07, 6.45) is 1.31. The van der Waals surface area contributed by atoms with Gasteiger partial charge in [0.25, 0.3) is 0 Å². The van der Waals surface area contributed by atoms with Crippen LogP contribution in [0.25, 0.3) is 0 Å². The highest BCUT2D eigenvalue weighted by molar-refractivity contribution is 6.33. The normalized spacial score (nSPS) is 21.9. The topological polar surface area (TPSA) is 49.8 Å². The van der Waals surface area contributed by atoms with Gasteiger partial charge in [-0.1, -0.05) is 29.8 Å². The van der Waals surface area contributed by atoms with E-state index in [1.165, 1.54) is 6.07 Å². The molecule has 0 spiro atoms. The van der Waals surface area contributed by atoms with E-state index in [0.29, 0.717) is 36.7 Å². The molecule has 1 N–H and O–H groups in total. The number of allylic oxidation sites excluding steroid dienone is 3. The predicted octanol–water partition coefficient (Wildman–Crippen LogP) is 5.62. The number of nitrogens with zero attached hydrogens (tertiary/aromatic N) is 1. The Balaban J connectivity index is 1.37. The zero-order valence-electron chi connectivity index (χ0n) is 17.8.